The third-order valence-corrected chi connectivity index (χ3v) is 2.96. The molecule has 1 aromatic rings. The second kappa shape index (κ2) is 6.63. The third kappa shape index (κ3) is 4.17. The Hall–Kier alpha value is -2.24. The Morgan fingerprint density at radius 2 is 2.11 bits per heavy atom. The molecule has 1 saturated carbocycles. The fourth-order valence-electron chi connectivity index (χ4n) is 1.99. The molecule has 2 N–H and O–H groups in total. The zero-order chi connectivity index (χ0) is 13.5. The number of carbonyl (C=O) groups excluding carboxylic acids is 2. The SMILES string of the molecule is O=C(N/N=C\c1cccnc1)C(=O)NC1CCCC1. The van der Waals surface area contributed by atoms with Crippen molar-refractivity contribution in [2.45, 2.75) is 31.7 Å². The quantitative estimate of drug-likeness (QED) is 0.474. The van der Waals surface area contributed by atoms with Gasteiger partial charge in [-0.05, 0) is 18.9 Å². The Labute approximate surface area is 111 Å². The van der Waals surface area contributed by atoms with Crippen LogP contribution >= 0.6 is 0 Å². The molecular weight excluding hydrogens is 244 g/mol. The van der Waals surface area contributed by atoms with Crippen LogP contribution in [-0.4, -0.2) is 29.1 Å². The first-order valence-electron chi connectivity index (χ1n) is 6.29. The molecule has 0 atom stereocenters. The van der Waals surface area contributed by atoms with Crippen LogP contribution in [0, 0.1) is 0 Å². The Kier molecular flexibility index (Phi) is 4.60. The summed E-state index contributed by atoms with van der Waals surface area (Å²) in [5, 5.41) is 6.40. The number of amides is 2. The van der Waals surface area contributed by atoms with Gasteiger partial charge in [0.15, 0.2) is 0 Å². The largest absolute Gasteiger partial charge is 0.345 e. The monoisotopic (exact) mass is 260 g/mol. The molecule has 100 valence electrons. The summed E-state index contributed by atoms with van der Waals surface area (Å²) in [4.78, 5) is 26.9. The number of carbonyl (C=O) groups is 2. The maximum absolute atomic E-state index is 11.5. The summed E-state index contributed by atoms with van der Waals surface area (Å²) in [7, 11) is 0. The summed E-state index contributed by atoms with van der Waals surface area (Å²) in [6, 6.07) is 3.68. The van der Waals surface area contributed by atoms with E-state index in [-0.39, 0.29) is 6.04 Å². The first-order valence-corrected chi connectivity index (χ1v) is 6.29. The zero-order valence-corrected chi connectivity index (χ0v) is 10.5. The lowest BCUT2D eigenvalue weighted by Gasteiger charge is -2.10. The van der Waals surface area contributed by atoms with E-state index in [1.165, 1.54) is 6.21 Å². The Balaban J connectivity index is 1.77. The lowest BCUT2D eigenvalue weighted by Crippen LogP contribution is -2.42. The molecule has 1 fully saturated rings. The van der Waals surface area contributed by atoms with Crippen molar-refractivity contribution < 1.29 is 9.59 Å². The van der Waals surface area contributed by atoms with Crippen molar-refractivity contribution in [1.29, 1.82) is 0 Å². The van der Waals surface area contributed by atoms with E-state index >= 15 is 0 Å². The van der Waals surface area contributed by atoms with Crippen molar-refractivity contribution in [2.75, 3.05) is 0 Å². The van der Waals surface area contributed by atoms with Crippen LogP contribution < -0.4 is 10.7 Å². The standard InChI is InChI=1S/C13H16N4O2/c18-12(16-11-5-1-2-6-11)13(19)17-15-9-10-4-3-7-14-8-10/h3-4,7-9,11H,1-2,5-6H2,(H,16,18)(H,17,19)/b15-9-. The predicted octanol–water partition coefficient (Wildman–Crippen LogP) is 0.590. The highest BCUT2D eigenvalue weighted by Crippen LogP contribution is 2.17. The lowest BCUT2D eigenvalue weighted by molar-refractivity contribution is -0.139. The van der Waals surface area contributed by atoms with E-state index in [9.17, 15) is 9.59 Å². The predicted molar refractivity (Wildman–Crippen MR) is 70.4 cm³/mol. The van der Waals surface area contributed by atoms with Gasteiger partial charge >= 0.3 is 11.8 Å². The third-order valence-electron chi connectivity index (χ3n) is 2.96. The van der Waals surface area contributed by atoms with Gasteiger partial charge in [-0.3, -0.25) is 14.6 Å². The number of nitrogens with zero attached hydrogens (tertiary/aromatic N) is 2. The normalized spacial score (nSPS) is 15.6. The Morgan fingerprint density at radius 3 is 2.79 bits per heavy atom. The van der Waals surface area contributed by atoms with Gasteiger partial charge in [-0.15, -0.1) is 0 Å². The van der Waals surface area contributed by atoms with Crippen LogP contribution in [0.25, 0.3) is 0 Å². The minimum absolute atomic E-state index is 0.126. The van der Waals surface area contributed by atoms with E-state index in [1.807, 2.05) is 0 Å². The molecule has 0 aliphatic heterocycles. The van der Waals surface area contributed by atoms with E-state index in [0.717, 1.165) is 31.2 Å². The van der Waals surface area contributed by atoms with Crippen LogP contribution in [0.4, 0.5) is 0 Å². The number of aromatic nitrogens is 1. The molecule has 1 heterocycles. The lowest BCUT2D eigenvalue weighted by atomic mass is 10.2. The summed E-state index contributed by atoms with van der Waals surface area (Å²) in [6.07, 6.45) is 8.78. The molecule has 0 saturated heterocycles. The fourth-order valence-corrected chi connectivity index (χ4v) is 1.99. The van der Waals surface area contributed by atoms with Crippen LogP contribution in [0.2, 0.25) is 0 Å². The van der Waals surface area contributed by atoms with Crippen LogP contribution in [0.5, 0.6) is 0 Å². The fraction of sp³-hybridized carbons (Fsp3) is 0.385. The van der Waals surface area contributed by atoms with Crippen LogP contribution in [-0.2, 0) is 9.59 Å². The van der Waals surface area contributed by atoms with E-state index < -0.39 is 11.8 Å². The van der Waals surface area contributed by atoms with Crippen LogP contribution in [0.15, 0.2) is 29.6 Å². The average molecular weight is 260 g/mol. The Morgan fingerprint density at radius 1 is 1.32 bits per heavy atom. The van der Waals surface area contributed by atoms with Crippen LogP contribution in [0.1, 0.15) is 31.2 Å². The summed E-state index contributed by atoms with van der Waals surface area (Å²) in [5.74, 6) is -1.37. The molecule has 6 nitrogen and oxygen atoms in total. The maximum Gasteiger partial charge on any atom is 0.329 e. The molecule has 1 aliphatic carbocycles. The van der Waals surface area contributed by atoms with Gasteiger partial charge in [-0.1, -0.05) is 18.9 Å². The van der Waals surface area contributed by atoms with Gasteiger partial charge in [0.2, 0.25) is 0 Å². The number of nitrogens with one attached hydrogen (secondary N) is 2. The molecule has 1 aliphatic rings. The first kappa shape index (κ1) is 13.2. The van der Waals surface area contributed by atoms with Crippen molar-refractivity contribution in [2.24, 2.45) is 5.10 Å². The van der Waals surface area contributed by atoms with Gasteiger partial charge in [0.25, 0.3) is 0 Å². The second-order valence-corrected chi connectivity index (χ2v) is 4.44. The van der Waals surface area contributed by atoms with Gasteiger partial charge in [0, 0.05) is 24.0 Å². The molecule has 0 aromatic carbocycles. The highest BCUT2D eigenvalue weighted by molar-refractivity contribution is 6.35. The minimum atomic E-state index is -0.743. The number of hydrazone groups is 1. The van der Waals surface area contributed by atoms with Gasteiger partial charge in [-0.25, -0.2) is 5.43 Å². The minimum Gasteiger partial charge on any atom is -0.345 e. The maximum atomic E-state index is 11.5. The molecule has 0 unspecified atom stereocenters. The van der Waals surface area contributed by atoms with Gasteiger partial charge < -0.3 is 5.32 Å². The number of rotatable bonds is 3. The zero-order valence-electron chi connectivity index (χ0n) is 10.5. The van der Waals surface area contributed by atoms with Crippen molar-refractivity contribution >= 4 is 18.0 Å². The van der Waals surface area contributed by atoms with E-state index in [2.05, 4.69) is 20.8 Å². The molecule has 0 bridgehead atoms. The molecule has 0 spiro atoms. The average Bonchev–Trinajstić information content (AvgIpc) is 2.92. The summed E-state index contributed by atoms with van der Waals surface area (Å²) >= 11 is 0. The van der Waals surface area contributed by atoms with Crippen LogP contribution in [0.3, 0.4) is 0 Å². The topological polar surface area (TPSA) is 83.5 Å². The van der Waals surface area contributed by atoms with Crippen molar-refractivity contribution in [1.82, 2.24) is 15.7 Å². The molecule has 2 amide bonds. The first-order chi connectivity index (χ1) is 9.25. The molecule has 1 aromatic heterocycles. The van der Waals surface area contributed by atoms with E-state index in [0.29, 0.717) is 0 Å². The van der Waals surface area contributed by atoms with E-state index in [4.69, 9.17) is 0 Å². The molecule has 19 heavy (non-hydrogen) atoms. The van der Waals surface area contributed by atoms with Crippen molar-refractivity contribution in [3.63, 3.8) is 0 Å². The number of pyridine rings is 1. The summed E-state index contributed by atoms with van der Waals surface area (Å²) in [6.45, 7) is 0. The van der Waals surface area contributed by atoms with E-state index in [1.54, 1.807) is 24.5 Å². The molecule has 0 radical (unpaired) electrons. The molecule has 2 rings (SSSR count). The molecular formula is C13H16N4O2. The second-order valence-electron chi connectivity index (χ2n) is 4.44. The smallest absolute Gasteiger partial charge is 0.329 e. The van der Waals surface area contributed by atoms with Crippen molar-refractivity contribution in [3.05, 3.63) is 30.1 Å². The van der Waals surface area contributed by atoms with Gasteiger partial charge in [0.05, 0.1) is 6.21 Å². The van der Waals surface area contributed by atoms with Crippen molar-refractivity contribution in [3.8, 4) is 0 Å². The highest BCUT2D eigenvalue weighted by Gasteiger charge is 2.20. The Bertz CT molecular complexity index is 467. The number of hydrogen-bond donors (Lipinski definition) is 2. The summed E-state index contributed by atoms with van der Waals surface area (Å²) in [5.41, 5.74) is 2.94. The summed E-state index contributed by atoms with van der Waals surface area (Å²) < 4.78 is 0. The highest BCUT2D eigenvalue weighted by atomic mass is 16.2. The molecule has 6 heteroatoms. The number of hydrogen-bond acceptors (Lipinski definition) is 4. The van der Waals surface area contributed by atoms with Gasteiger partial charge in [-0.2, -0.15) is 5.10 Å². The van der Waals surface area contributed by atoms with Gasteiger partial charge in [0.1, 0.15) is 0 Å².